The number of amides is 1. The predicted octanol–water partition coefficient (Wildman–Crippen LogP) is 0.748. The first-order valence-electron chi connectivity index (χ1n) is 7.61. The summed E-state index contributed by atoms with van der Waals surface area (Å²) in [7, 11) is -3.25. The largest absolute Gasteiger partial charge is 0.335 e. The Labute approximate surface area is 130 Å². The van der Waals surface area contributed by atoms with Crippen LogP contribution in [0.15, 0.2) is 6.07 Å². The van der Waals surface area contributed by atoms with E-state index in [0.29, 0.717) is 25.3 Å². The number of aromatic nitrogens is 2. The van der Waals surface area contributed by atoms with Gasteiger partial charge in [-0.1, -0.05) is 0 Å². The number of likely N-dealkylation sites (tertiary alicyclic amines) is 1. The van der Waals surface area contributed by atoms with E-state index >= 15 is 0 Å². The summed E-state index contributed by atoms with van der Waals surface area (Å²) in [5.41, 5.74) is 0.819. The topological polar surface area (TPSA) is 86.4 Å². The van der Waals surface area contributed by atoms with Gasteiger partial charge in [0, 0.05) is 25.3 Å². The normalized spacial score (nSPS) is 26.7. The van der Waals surface area contributed by atoms with E-state index in [-0.39, 0.29) is 5.91 Å². The number of nitrogens with one attached hydrogen (secondary N) is 1. The van der Waals surface area contributed by atoms with Crippen molar-refractivity contribution in [2.75, 3.05) is 25.9 Å². The standard InChI is InChI=1S/C14H22N4O3S/c1-11-9-12(16-15-11)13(19)17-7-3-5-14(10-17)6-4-8-18(14)22(2,20)21/h9H,3-8,10H2,1-2H3,(H,15,16). The lowest BCUT2D eigenvalue weighted by Crippen LogP contribution is -2.58. The lowest BCUT2D eigenvalue weighted by Gasteiger charge is -2.44. The van der Waals surface area contributed by atoms with Gasteiger partial charge in [0.1, 0.15) is 5.69 Å². The van der Waals surface area contributed by atoms with Gasteiger partial charge in [0.05, 0.1) is 11.8 Å². The molecule has 8 heteroatoms. The van der Waals surface area contributed by atoms with Crippen LogP contribution in [-0.4, -0.2) is 65.2 Å². The SMILES string of the molecule is Cc1cc(C(=O)N2CCCC3(CCCN3S(C)(=O)=O)C2)n[nH]1. The zero-order valence-corrected chi connectivity index (χ0v) is 13.8. The van der Waals surface area contributed by atoms with Gasteiger partial charge in [-0.05, 0) is 38.7 Å². The van der Waals surface area contributed by atoms with Crippen molar-refractivity contribution in [2.45, 2.75) is 38.1 Å². The van der Waals surface area contributed by atoms with Crippen LogP contribution in [0.1, 0.15) is 41.9 Å². The molecule has 2 fully saturated rings. The van der Waals surface area contributed by atoms with Crippen molar-refractivity contribution in [3.63, 3.8) is 0 Å². The van der Waals surface area contributed by atoms with Crippen molar-refractivity contribution < 1.29 is 13.2 Å². The molecule has 0 aliphatic carbocycles. The molecule has 122 valence electrons. The molecule has 2 aliphatic rings. The number of rotatable bonds is 2. The molecular weight excluding hydrogens is 304 g/mol. The number of aromatic amines is 1. The summed E-state index contributed by atoms with van der Waals surface area (Å²) >= 11 is 0. The lowest BCUT2D eigenvalue weighted by molar-refractivity contribution is 0.0519. The molecule has 1 aromatic heterocycles. The summed E-state index contributed by atoms with van der Waals surface area (Å²) in [6.07, 6.45) is 4.59. The van der Waals surface area contributed by atoms with Crippen LogP contribution in [0, 0.1) is 6.92 Å². The van der Waals surface area contributed by atoms with Crippen LogP contribution in [0.4, 0.5) is 0 Å². The Morgan fingerprint density at radius 2 is 2.00 bits per heavy atom. The number of hydrogen-bond donors (Lipinski definition) is 1. The molecule has 22 heavy (non-hydrogen) atoms. The monoisotopic (exact) mass is 326 g/mol. The summed E-state index contributed by atoms with van der Waals surface area (Å²) in [6, 6.07) is 1.73. The van der Waals surface area contributed by atoms with Crippen molar-refractivity contribution in [2.24, 2.45) is 0 Å². The van der Waals surface area contributed by atoms with Gasteiger partial charge in [-0.25, -0.2) is 8.42 Å². The molecule has 3 rings (SSSR count). The molecule has 0 aromatic carbocycles. The minimum atomic E-state index is -3.25. The molecule has 0 saturated carbocycles. The van der Waals surface area contributed by atoms with Crippen molar-refractivity contribution in [3.05, 3.63) is 17.5 Å². The smallest absolute Gasteiger partial charge is 0.274 e. The van der Waals surface area contributed by atoms with Gasteiger partial charge >= 0.3 is 0 Å². The van der Waals surface area contributed by atoms with Crippen LogP contribution in [0.25, 0.3) is 0 Å². The third-order valence-electron chi connectivity index (χ3n) is 4.70. The summed E-state index contributed by atoms with van der Waals surface area (Å²) in [4.78, 5) is 14.3. The van der Waals surface area contributed by atoms with Crippen LogP contribution >= 0.6 is 0 Å². The average molecular weight is 326 g/mol. The quantitative estimate of drug-likeness (QED) is 0.869. The fourth-order valence-electron chi connectivity index (χ4n) is 3.81. The molecule has 3 heterocycles. The maximum atomic E-state index is 12.6. The van der Waals surface area contributed by atoms with Gasteiger partial charge in [-0.2, -0.15) is 9.40 Å². The molecule has 1 atom stereocenters. The molecular formula is C14H22N4O3S. The minimum absolute atomic E-state index is 0.122. The van der Waals surface area contributed by atoms with E-state index in [0.717, 1.165) is 31.4 Å². The maximum Gasteiger partial charge on any atom is 0.274 e. The average Bonchev–Trinajstić information content (AvgIpc) is 3.04. The second-order valence-electron chi connectivity index (χ2n) is 6.43. The van der Waals surface area contributed by atoms with Crippen molar-refractivity contribution >= 4 is 15.9 Å². The highest BCUT2D eigenvalue weighted by atomic mass is 32.2. The predicted molar refractivity (Wildman–Crippen MR) is 82.0 cm³/mol. The van der Waals surface area contributed by atoms with Crippen molar-refractivity contribution in [3.8, 4) is 0 Å². The summed E-state index contributed by atoms with van der Waals surface area (Å²) in [5, 5.41) is 6.80. The van der Waals surface area contributed by atoms with Crippen LogP contribution in [0.2, 0.25) is 0 Å². The number of hydrogen-bond acceptors (Lipinski definition) is 4. The molecule has 1 unspecified atom stereocenters. The summed E-state index contributed by atoms with van der Waals surface area (Å²) in [6.45, 7) is 3.53. The van der Waals surface area contributed by atoms with E-state index in [1.165, 1.54) is 6.26 Å². The Hall–Kier alpha value is -1.41. The van der Waals surface area contributed by atoms with Gasteiger partial charge in [0.2, 0.25) is 10.0 Å². The highest BCUT2D eigenvalue weighted by Gasteiger charge is 2.48. The molecule has 2 saturated heterocycles. The van der Waals surface area contributed by atoms with Crippen molar-refractivity contribution in [1.82, 2.24) is 19.4 Å². The number of sulfonamides is 1. The zero-order chi connectivity index (χ0) is 16.0. The van der Waals surface area contributed by atoms with Crippen LogP contribution in [0.3, 0.4) is 0 Å². The maximum absolute atomic E-state index is 12.6. The first-order chi connectivity index (χ1) is 10.3. The Balaban J connectivity index is 1.83. The molecule has 1 aromatic rings. The fourth-order valence-corrected chi connectivity index (χ4v) is 5.22. The molecule has 1 spiro atoms. The van der Waals surface area contributed by atoms with E-state index in [1.54, 1.807) is 15.3 Å². The molecule has 1 N–H and O–H groups in total. The Morgan fingerprint density at radius 1 is 1.32 bits per heavy atom. The van der Waals surface area contributed by atoms with Gasteiger partial charge < -0.3 is 4.90 Å². The summed E-state index contributed by atoms with van der Waals surface area (Å²) in [5.74, 6) is -0.122. The fraction of sp³-hybridized carbons (Fsp3) is 0.714. The van der Waals surface area contributed by atoms with Gasteiger partial charge in [0.15, 0.2) is 0 Å². The third kappa shape index (κ3) is 2.65. The van der Waals surface area contributed by atoms with E-state index in [4.69, 9.17) is 0 Å². The van der Waals surface area contributed by atoms with Gasteiger partial charge in [0.25, 0.3) is 5.91 Å². The second kappa shape index (κ2) is 5.34. The van der Waals surface area contributed by atoms with Crippen LogP contribution < -0.4 is 0 Å². The summed E-state index contributed by atoms with van der Waals surface area (Å²) < 4.78 is 25.7. The Morgan fingerprint density at radius 3 is 2.59 bits per heavy atom. The Kier molecular flexibility index (Phi) is 3.76. The van der Waals surface area contributed by atoms with E-state index in [2.05, 4.69) is 10.2 Å². The zero-order valence-electron chi connectivity index (χ0n) is 13.0. The first-order valence-corrected chi connectivity index (χ1v) is 9.46. The van der Waals surface area contributed by atoms with Crippen molar-refractivity contribution in [1.29, 1.82) is 0 Å². The lowest BCUT2D eigenvalue weighted by atomic mass is 9.87. The number of H-pyrrole nitrogens is 1. The van der Waals surface area contributed by atoms with E-state index < -0.39 is 15.6 Å². The molecule has 2 aliphatic heterocycles. The number of nitrogens with zero attached hydrogens (tertiary/aromatic N) is 3. The second-order valence-corrected chi connectivity index (χ2v) is 8.34. The van der Waals surface area contributed by atoms with Crippen LogP contribution in [0.5, 0.6) is 0 Å². The van der Waals surface area contributed by atoms with Gasteiger partial charge in [-0.15, -0.1) is 0 Å². The third-order valence-corrected chi connectivity index (χ3v) is 6.07. The van der Waals surface area contributed by atoms with Crippen LogP contribution in [-0.2, 0) is 10.0 Å². The van der Waals surface area contributed by atoms with E-state index in [1.807, 2.05) is 6.92 Å². The highest BCUT2D eigenvalue weighted by molar-refractivity contribution is 7.88. The number of aryl methyl sites for hydroxylation is 1. The number of carbonyl (C=O) groups excluding carboxylic acids is 1. The van der Waals surface area contributed by atoms with Gasteiger partial charge in [-0.3, -0.25) is 9.89 Å². The highest BCUT2D eigenvalue weighted by Crippen LogP contribution is 2.39. The Bertz CT molecular complexity index is 684. The minimum Gasteiger partial charge on any atom is -0.335 e. The number of piperidine rings is 1. The number of carbonyl (C=O) groups is 1. The first kappa shape index (κ1) is 15.5. The molecule has 0 radical (unpaired) electrons. The molecule has 1 amide bonds. The molecule has 7 nitrogen and oxygen atoms in total. The van der Waals surface area contributed by atoms with E-state index in [9.17, 15) is 13.2 Å². The molecule has 0 bridgehead atoms.